The minimum atomic E-state index is -1.09. The minimum Gasteiger partial charge on any atom is -0.396 e. The van der Waals surface area contributed by atoms with Crippen molar-refractivity contribution in [1.82, 2.24) is 4.90 Å². The van der Waals surface area contributed by atoms with E-state index in [1.165, 1.54) is 4.90 Å². The van der Waals surface area contributed by atoms with Crippen LogP contribution in [0, 0.1) is 36.0 Å². The van der Waals surface area contributed by atoms with Crippen molar-refractivity contribution in [3.63, 3.8) is 0 Å². The second-order valence-corrected chi connectivity index (χ2v) is 9.01. The molecule has 3 aliphatic rings. The Morgan fingerprint density at radius 2 is 1.91 bits per heavy atom. The second-order valence-electron chi connectivity index (χ2n) is 9.01. The van der Waals surface area contributed by atoms with Gasteiger partial charge in [-0.1, -0.05) is 35.5 Å². The van der Waals surface area contributed by atoms with Gasteiger partial charge in [0.25, 0.3) is 0 Å². The highest BCUT2D eigenvalue weighted by molar-refractivity contribution is 6.06. The summed E-state index contributed by atoms with van der Waals surface area (Å²) in [6.45, 7) is 2.22. The van der Waals surface area contributed by atoms with Crippen molar-refractivity contribution in [1.29, 1.82) is 0 Å². The number of rotatable bonds is 6. The Balaban J connectivity index is 1.58. The molecule has 2 amide bonds. The highest BCUT2D eigenvalue weighted by Crippen LogP contribution is 2.51. The summed E-state index contributed by atoms with van der Waals surface area (Å²) in [6.07, 6.45) is 5.75. The molecule has 2 aliphatic carbocycles. The Bertz CT molecular complexity index is 924. The van der Waals surface area contributed by atoms with Gasteiger partial charge in [0, 0.05) is 24.7 Å². The van der Waals surface area contributed by atoms with Crippen LogP contribution >= 0.6 is 0 Å². The molecule has 2 saturated carbocycles. The van der Waals surface area contributed by atoms with Gasteiger partial charge in [0.15, 0.2) is 0 Å². The summed E-state index contributed by atoms with van der Waals surface area (Å²) in [6, 6.07) is 9.07. The summed E-state index contributed by atoms with van der Waals surface area (Å²) in [7, 11) is 0. The molecule has 1 saturated heterocycles. The minimum absolute atomic E-state index is 0.189. The number of aliphatic hydroxyl groups excluding tert-OH is 2. The van der Waals surface area contributed by atoms with E-state index in [0.29, 0.717) is 38.0 Å². The number of carbonyl (C=O) groups is 2. The molecule has 3 fully saturated rings. The topological polar surface area (TPSA) is 99.4 Å². The van der Waals surface area contributed by atoms with Crippen LogP contribution in [-0.4, -0.2) is 51.5 Å². The van der Waals surface area contributed by atoms with E-state index in [-0.39, 0.29) is 24.2 Å². The zero-order valence-electron chi connectivity index (χ0n) is 18.3. The fourth-order valence-electron chi connectivity index (χ4n) is 5.63. The van der Waals surface area contributed by atoms with Gasteiger partial charge in [-0.25, -0.2) is 0 Å². The summed E-state index contributed by atoms with van der Waals surface area (Å²) < 4.78 is 0. The van der Waals surface area contributed by atoms with Crippen molar-refractivity contribution in [2.24, 2.45) is 28.8 Å². The number of likely N-dealkylation sites (tertiary alicyclic amines) is 1. The zero-order chi connectivity index (χ0) is 22.8. The van der Waals surface area contributed by atoms with E-state index in [4.69, 9.17) is 11.3 Å². The quantitative estimate of drug-likeness (QED) is 0.307. The fraction of sp³-hybridized carbons (Fsp3) is 0.560. The van der Waals surface area contributed by atoms with Gasteiger partial charge in [0.2, 0.25) is 11.8 Å². The highest BCUT2D eigenvalue weighted by atomic mass is 16.6. The number of nitrogens with zero attached hydrogens (tertiary/aromatic N) is 2. The predicted octanol–water partition coefficient (Wildman–Crippen LogP) is 2.29. The van der Waals surface area contributed by atoms with E-state index < -0.39 is 36.0 Å². The molecular weight excluding hydrogens is 408 g/mol. The van der Waals surface area contributed by atoms with Gasteiger partial charge in [0.05, 0.1) is 35.8 Å². The maximum Gasteiger partial charge on any atom is 0.234 e. The third-order valence-electron chi connectivity index (χ3n) is 7.22. The lowest BCUT2D eigenvalue weighted by atomic mass is 9.60. The highest BCUT2D eigenvalue weighted by Gasteiger charge is 2.60. The molecule has 1 aromatic carbocycles. The average Bonchev–Trinajstić information content (AvgIpc) is 3.06. The molecular formula is C25H30N2O5. The number of imide groups is 1. The molecule has 170 valence electrons. The van der Waals surface area contributed by atoms with Crippen LogP contribution < -0.4 is 0 Å². The summed E-state index contributed by atoms with van der Waals surface area (Å²) >= 11 is 0. The number of benzene rings is 1. The van der Waals surface area contributed by atoms with Crippen LogP contribution in [0.3, 0.4) is 0 Å². The smallest absolute Gasteiger partial charge is 0.234 e. The number of aliphatic hydroxyl groups is 2. The third kappa shape index (κ3) is 3.94. The Labute approximate surface area is 188 Å². The molecule has 7 atom stereocenters. The van der Waals surface area contributed by atoms with Crippen molar-refractivity contribution >= 4 is 17.5 Å². The van der Waals surface area contributed by atoms with Crippen molar-refractivity contribution in [2.45, 2.75) is 57.3 Å². The molecule has 0 spiro atoms. The molecule has 1 heterocycles. The number of hydrogen-bond acceptors (Lipinski definition) is 6. The molecule has 4 rings (SSSR count). The summed E-state index contributed by atoms with van der Waals surface area (Å²) in [5.74, 6) is 0.184. The summed E-state index contributed by atoms with van der Waals surface area (Å²) in [5, 5.41) is 25.7. The lowest BCUT2D eigenvalue weighted by molar-refractivity contribution is -0.144. The number of oxime groups is 1. The molecule has 0 bridgehead atoms. The van der Waals surface area contributed by atoms with E-state index in [9.17, 15) is 19.8 Å². The maximum absolute atomic E-state index is 13.5. The molecule has 1 aromatic rings. The first-order valence-corrected chi connectivity index (χ1v) is 11.4. The third-order valence-corrected chi connectivity index (χ3v) is 7.22. The van der Waals surface area contributed by atoms with E-state index >= 15 is 0 Å². The Morgan fingerprint density at radius 3 is 2.62 bits per heavy atom. The normalized spacial score (nSPS) is 34.1. The van der Waals surface area contributed by atoms with Crippen LogP contribution in [0.5, 0.6) is 0 Å². The number of terminal acetylenes is 1. The molecule has 2 N–H and O–H groups in total. The average molecular weight is 439 g/mol. The Morgan fingerprint density at radius 1 is 1.19 bits per heavy atom. The van der Waals surface area contributed by atoms with Crippen LogP contribution in [0.4, 0.5) is 0 Å². The molecule has 0 radical (unpaired) electrons. The largest absolute Gasteiger partial charge is 0.396 e. The molecule has 32 heavy (non-hydrogen) atoms. The van der Waals surface area contributed by atoms with Crippen molar-refractivity contribution in [3.05, 3.63) is 35.9 Å². The molecule has 0 aromatic heterocycles. The van der Waals surface area contributed by atoms with Gasteiger partial charge in [-0.15, -0.1) is 12.3 Å². The monoisotopic (exact) mass is 438 g/mol. The van der Waals surface area contributed by atoms with Gasteiger partial charge in [-0.3, -0.25) is 14.5 Å². The van der Waals surface area contributed by atoms with Crippen molar-refractivity contribution in [3.8, 4) is 12.3 Å². The lowest BCUT2D eigenvalue weighted by Gasteiger charge is -2.45. The summed E-state index contributed by atoms with van der Waals surface area (Å²) in [5.41, 5.74) is 1.54. The van der Waals surface area contributed by atoms with Crippen LogP contribution in [0.15, 0.2) is 35.5 Å². The van der Waals surface area contributed by atoms with E-state index in [1.807, 2.05) is 37.3 Å². The van der Waals surface area contributed by atoms with Gasteiger partial charge in [0.1, 0.15) is 6.61 Å². The summed E-state index contributed by atoms with van der Waals surface area (Å²) in [4.78, 5) is 33.6. The first kappa shape index (κ1) is 22.5. The van der Waals surface area contributed by atoms with Gasteiger partial charge >= 0.3 is 0 Å². The van der Waals surface area contributed by atoms with E-state index in [0.717, 1.165) is 5.56 Å². The van der Waals surface area contributed by atoms with Gasteiger partial charge in [-0.05, 0) is 31.7 Å². The second kappa shape index (κ2) is 9.43. The standard InChI is InChI=1S/C25H30N2O5/c1-3-4-8-13-32-26-19-14-20(28)23(29)21-17(19)11-12-18-22(21)25(31)27(24(18)30)15(2)16-9-6-5-7-10-16/h1,5-7,9-10,15,17-18,20-23,28-29H,4,8,11-14H2,2H3/t15-,17+,18+,20+,21-,22+,23+/m0/s1. The molecule has 0 unspecified atom stereocenters. The number of amides is 2. The SMILES string of the molecule is C#CCCCON=C1C[C@@H](O)[C@@H](O)[C@@H]2[C@@H]3C(=O)N([C@@H](C)c4ccccc4)C(=O)[C@@H]3CC[C@H]12. The fourth-order valence-corrected chi connectivity index (χ4v) is 5.63. The van der Waals surface area contributed by atoms with Crippen LogP contribution in [0.25, 0.3) is 0 Å². The zero-order valence-corrected chi connectivity index (χ0v) is 18.3. The van der Waals surface area contributed by atoms with Crippen LogP contribution in [-0.2, 0) is 14.4 Å². The van der Waals surface area contributed by atoms with E-state index in [2.05, 4.69) is 11.1 Å². The van der Waals surface area contributed by atoms with Gasteiger partial charge < -0.3 is 15.1 Å². The number of fused-ring (bicyclic) bond motifs is 3. The molecule has 7 heteroatoms. The van der Waals surface area contributed by atoms with Gasteiger partial charge in [-0.2, -0.15) is 0 Å². The molecule has 1 aliphatic heterocycles. The lowest BCUT2D eigenvalue weighted by Crippen LogP contribution is -2.54. The van der Waals surface area contributed by atoms with Crippen molar-refractivity contribution in [2.75, 3.05) is 6.61 Å². The molecule has 7 nitrogen and oxygen atoms in total. The van der Waals surface area contributed by atoms with Crippen LogP contribution in [0.2, 0.25) is 0 Å². The van der Waals surface area contributed by atoms with Crippen LogP contribution in [0.1, 0.15) is 50.6 Å². The Kier molecular flexibility index (Phi) is 6.63. The number of carbonyl (C=O) groups excluding carboxylic acids is 2. The number of hydrogen-bond donors (Lipinski definition) is 2. The number of unbranched alkanes of at least 4 members (excludes halogenated alkanes) is 1. The maximum atomic E-state index is 13.5. The van der Waals surface area contributed by atoms with E-state index in [1.54, 1.807) is 0 Å². The first-order valence-electron chi connectivity index (χ1n) is 11.4. The van der Waals surface area contributed by atoms with Crippen molar-refractivity contribution < 1.29 is 24.6 Å². The Hall–Kier alpha value is -2.69. The predicted molar refractivity (Wildman–Crippen MR) is 118 cm³/mol. The first-order chi connectivity index (χ1) is 15.5.